The third-order valence-corrected chi connectivity index (χ3v) is 1.30. The molecular weight excluding hydrogens is 130 g/mol. The van der Waals surface area contributed by atoms with Crippen LogP contribution in [0.4, 0.5) is 0 Å². The zero-order valence-electron chi connectivity index (χ0n) is 5.66. The molecule has 10 heavy (non-hydrogen) atoms. The van der Waals surface area contributed by atoms with Crippen LogP contribution < -0.4 is 5.73 Å². The molecule has 2 N–H and O–H groups in total. The third-order valence-electron chi connectivity index (χ3n) is 1.30. The molecule has 0 aromatic carbocycles. The van der Waals surface area contributed by atoms with Gasteiger partial charge < -0.3 is 10.3 Å². The number of carbonyl (C=O) groups is 1. The van der Waals surface area contributed by atoms with Crippen molar-refractivity contribution in [3.8, 4) is 0 Å². The van der Waals surface area contributed by atoms with Gasteiger partial charge in [0.05, 0.1) is 0 Å². The van der Waals surface area contributed by atoms with Crippen LogP contribution >= 0.6 is 0 Å². The Morgan fingerprint density at radius 3 is 2.70 bits per heavy atom. The molecule has 0 fully saturated rings. The maximum absolute atomic E-state index is 10.5. The van der Waals surface area contributed by atoms with Crippen LogP contribution in [0.25, 0.3) is 0 Å². The van der Waals surface area contributed by atoms with E-state index in [1.807, 2.05) is 0 Å². The van der Waals surface area contributed by atoms with Crippen LogP contribution in [0.15, 0.2) is 6.20 Å². The number of hydrogen-bond acceptors (Lipinski definition) is 2. The lowest BCUT2D eigenvalue weighted by atomic mass is 10.5. The van der Waals surface area contributed by atoms with E-state index in [-0.39, 0.29) is 5.82 Å². The molecule has 0 aliphatic heterocycles. The Morgan fingerprint density at radius 1 is 1.90 bits per heavy atom. The van der Waals surface area contributed by atoms with Crippen LogP contribution in [0, 0.1) is 6.92 Å². The molecule has 1 rings (SSSR count). The second kappa shape index (κ2) is 2.13. The summed E-state index contributed by atoms with van der Waals surface area (Å²) in [5.74, 6) is -0.289. The van der Waals surface area contributed by atoms with Gasteiger partial charge in [0, 0.05) is 18.9 Å². The Hall–Kier alpha value is -1.32. The van der Waals surface area contributed by atoms with Gasteiger partial charge in [-0.05, 0) is 6.92 Å². The molecule has 1 radical (unpaired) electrons. The summed E-state index contributed by atoms with van der Waals surface area (Å²) < 4.78 is 1.54. The summed E-state index contributed by atoms with van der Waals surface area (Å²) in [5.41, 5.74) is 5.65. The van der Waals surface area contributed by atoms with E-state index in [2.05, 4.69) is 11.9 Å². The van der Waals surface area contributed by atoms with Crippen molar-refractivity contribution in [2.45, 2.75) is 0 Å². The number of carbonyl (C=O) groups excluding carboxylic acids is 1. The quantitative estimate of drug-likeness (QED) is 0.579. The summed E-state index contributed by atoms with van der Waals surface area (Å²) in [6, 6.07) is 0. The van der Waals surface area contributed by atoms with Gasteiger partial charge >= 0.3 is 0 Å². The van der Waals surface area contributed by atoms with Gasteiger partial charge in [-0.25, -0.2) is 4.98 Å². The van der Waals surface area contributed by atoms with Crippen LogP contribution in [0.5, 0.6) is 0 Å². The Labute approximate surface area is 58.7 Å². The average Bonchev–Trinajstić information content (AvgIpc) is 2.14. The second-order valence-electron chi connectivity index (χ2n) is 2.00. The summed E-state index contributed by atoms with van der Waals surface area (Å²) in [6.45, 7) is 3.62. The standard InChI is InChI=1S/C6H8N3O/c1-4-3-8-6(5(7)10)9(4)2/h3H,1H2,2H3,(H2,7,10). The molecule has 53 valence electrons. The topological polar surface area (TPSA) is 60.9 Å². The number of primary amides is 1. The van der Waals surface area contributed by atoms with Crippen LogP contribution in [0.3, 0.4) is 0 Å². The Balaban J connectivity index is 3.17. The lowest BCUT2D eigenvalue weighted by molar-refractivity contribution is 0.0987. The molecule has 0 aliphatic carbocycles. The molecule has 0 bridgehead atoms. The fraction of sp³-hybridized carbons (Fsp3) is 0.167. The van der Waals surface area contributed by atoms with E-state index in [0.717, 1.165) is 0 Å². The highest BCUT2D eigenvalue weighted by molar-refractivity contribution is 5.89. The maximum atomic E-state index is 10.5. The lowest BCUT2D eigenvalue weighted by Crippen LogP contribution is -2.16. The molecule has 0 spiro atoms. The molecule has 1 heterocycles. The molecular formula is C6H8N3O. The summed E-state index contributed by atoms with van der Waals surface area (Å²) in [7, 11) is 1.69. The third kappa shape index (κ3) is 0.877. The molecule has 0 aliphatic rings. The van der Waals surface area contributed by atoms with Crippen molar-refractivity contribution in [2.75, 3.05) is 0 Å². The molecule has 1 aromatic heterocycles. The first-order chi connectivity index (χ1) is 4.63. The Morgan fingerprint density at radius 2 is 2.50 bits per heavy atom. The predicted molar refractivity (Wildman–Crippen MR) is 36.2 cm³/mol. The first-order valence-electron chi connectivity index (χ1n) is 2.76. The molecule has 0 atom stereocenters. The highest BCUT2D eigenvalue weighted by atomic mass is 16.1. The first-order valence-corrected chi connectivity index (χ1v) is 2.76. The number of nitrogens with two attached hydrogens (primary N) is 1. The first kappa shape index (κ1) is 6.80. The number of rotatable bonds is 1. The van der Waals surface area contributed by atoms with Gasteiger partial charge in [0.25, 0.3) is 5.91 Å². The summed E-state index contributed by atoms with van der Waals surface area (Å²) in [5, 5.41) is 0. The molecule has 1 aromatic rings. The van der Waals surface area contributed by atoms with Crippen LogP contribution in [0.2, 0.25) is 0 Å². The highest BCUT2D eigenvalue weighted by Crippen LogP contribution is 1.98. The zero-order valence-corrected chi connectivity index (χ0v) is 5.66. The van der Waals surface area contributed by atoms with E-state index in [1.54, 1.807) is 11.6 Å². The molecule has 0 saturated heterocycles. The van der Waals surface area contributed by atoms with Crippen molar-refractivity contribution in [1.82, 2.24) is 9.55 Å². The normalized spacial score (nSPS) is 9.80. The van der Waals surface area contributed by atoms with Crippen molar-refractivity contribution >= 4 is 5.91 Å². The van der Waals surface area contributed by atoms with Gasteiger partial charge in [-0.15, -0.1) is 0 Å². The molecule has 4 heteroatoms. The number of nitrogens with zero attached hydrogens (tertiary/aromatic N) is 2. The minimum Gasteiger partial charge on any atom is -0.363 e. The largest absolute Gasteiger partial charge is 0.363 e. The highest BCUT2D eigenvalue weighted by Gasteiger charge is 2.07. The van der Waals surface area contributed by atoms with Crippen molar-refractivity contribution in [3.05, 3.63) is 24.6 Å². The van der Waals surface area contributed by atoms with Gasteiger partial charge in [0.15, 0.2) is 5.82 Å². The number of imidazole rings is 1. The van der Waals surface area contributed by atoms with Crippen LogP contribution in [-0.4, -0.2) is 15.5 Å². The minimum atomic E-state index is -0.530. The van der Waals surface area contributed by atoms with Crippen molar-refractivity contribution in [2.24, 2.45) is 12.8 Å². The minimum absolute atomic E-state index is 0.241. The van der Waals surface area contributed by atoms with Crippen molar-refractivity contribution in [1.29, 1.82) is 0 Å². The predicted octanol–water partition coefficient (Wildman–Crippen LogP) is -0.299. The van der Waals surface area contributed by atoms with E-state index < -0.39 is 5.91 Å². The van der Waals surface area contributed by atoms with E-state index in [0.29, 0.717) is 5.69 Å². The van der Waals surface area contributed by atoms with Gasteiger partial charge in [0.1, 0.15) is 0 Å². The fourth-order valence-electron chi connectivity index (χ4n) is 0.674. The maximum Gasteiger partial charge on any atom is 0.284 e. The van der Waals surface area contributed by atoms with Gasteiger partial charge in [-0.2, -0.15) is 0 Å². The van der Waals surface area contributed by atoms with E-state index >= 15 is 0 Å². The van der Waals surface area contributed by atoms with E-state index in [1.165, 1.54) is 6.20 Å². The molecule has 1 amide bonds. The zero-order chi connectivity index (χ0) is 7.72. The smallest absolute Gasteiger partial charge is 0.284 e. The lowest BCUT2D eigenvalue weighted by Gasteiger charge is -1.96. The molecule has 4 nitrogen and oxygen atoms in total. The van der Waals surface area contributed by atoms with Gasteiger partial charge in [-0.3, -0.25) is 4.79 Å². The average molecular weight is 138 g/mol. The van der Waals surface area contributed by atoms with E-state index in [9.17, 15) is 4.79 Å². The summed E-state index contributed by atoms with van der Waals surface area (Å²) >= 11 is 0. The van der Waals surface area contributed by atoms with Crippen LogP contribution in [0.1, 0.15) is 16.3 Å². The van der Waals surface area contributed by atoms with Crippen molar-refractivity contribution in [3.63, 3.8) is 0 Å². The summed E-state index contributed by atoms with van der Waals surface area (Å²) in [6.07, 6.45) is 1.50. The number of aromatic nitrogens is 2. The monoisotopic (exact) mass is 138 g/mol. The van der Waals surface area contributed by atoms with E-state index in [4.69, 9.17) is 5.73 Å². The Bertz CT molecular complexity index is 264. The number of hydrogen-bond donors (Lipinski definition) is 1. The van der Waals surface area contributed by atoms with Crippen LogP contribution in [-0.2, 0) is 7.05 Å². The summed E-state index contributed by atoms with van der Waals surface area (Å²) in [4.78, 5) is 14.3. The number of amides is 1. The van der Waals surface area contributed by atoms with Crippen molar-refractivity contribution < 1.29 is 4.79 Å². The molecule has 0 saturated carbocycles. The Kier molecular flexibility index (Phi) is 1.45. The second-order valence-corrected chi connectivity index (χ2v) is 2.00. The molecule has 0 unspecified atom stereocenters. The van der Waals surface area contributed by atoms with Gasteiger partial charge in [-0.1, -0.05) is 0 Å². The fourth-order valence-corrected chi connectivity index (χ4v) is 0.674. The van der Waals surface area contributed by atoms with Gasteiger partial charge in [0.2, 0.25) is 0 Å². The SMILES string of the molecule is [CH2]c1cnc(C(N)=O)n1C.